The standard InChI is InChI=1S/C32H34N4O4S/c1-3-28(30(38)34-24-11-8-12-25(19-24)40-2)41-32-35-27-14-7-6-13-26(27)31(39)36(32)20-21-15-17-22(18-16-21)29(37)33-23-9-4-5-10-23/h6-8,11-19,23,28H,3-5,9-10,20H2,1-2H3,(H,33,37)(H,34,38)/t28-/m1/s1. The normalized spacial score (nSPS) is 14.1. The van der Waals surface area contributed by atoms with E-state index in [1.807, 2.05) is 43.3 Å². The van der Waals surface area contributed by atoms with E-state index in [1.54, 1.807) is 48.1 Å². The molecular formula is C32H34N4O4S. The number of thioether (sulfide) groups is 1. The van der Waals surface area contributed by atoms with Crippen LogP contribution in [0, 0.1) is 0 Å². The van der Waals surface area contributed by atoms with E-state index in [1.165, 1.54) is 11.8 Å². The number of hydrogen-bond acceptors (Lipinski definition) is 6. The lowest BCUT2D eigenvalue weighted by Gasteiger charge is -2.18. The third kappa shape index (κ3) is 6.79. The first-order valence-corrected chi connectivity index (χ1v) is 14.8. The number of rotatable bonds is 10. The van der Waals surface area contributed by atoms with Crippen molar-refractivity contribution in [3.8, 4) is 5.75 Å². The Hall–Kier alpha value is -4.11. The van der Waals surface area contributed by atoms with Crippen molar-refractivity contribution >= 4 is 40.2 Å². The third-order valence-corrected chi connectivity index (χ3v) is 8.68. The van der Waals surface area contributed by atoms with Crippen LogP contribution in [0.4, 0.5) is 5.69 Å². The highest BCUT2D eigenvalue weighted by Gasteiger charge is 2.23. The SMILES string of the molecule is CC[C@@H](Sc1nc2ccccc2c(=O)n1Cc1ccc(C(=O)NC2CCCC2)cc1)C(=O)Nc1cccc(OC)c1. The Balaban J connectivity index is 1.39. The molecule has 2 amide bonds. The van der Waals surface area contributed by atoms with E-state index in [4.69, 9.17) is 9.72 Å². The van der Waals surface area contributed by atoms with Gasteiger partial charge in [0.15, 0.2) is 5.16 Å². The second-order valence-corrected chi connectivity index (χ2v) is 11.4. The van der Waals surface area contributed by atoms with E-state index in [0.29, 0.717) is 39.5 Å². The molecule has 1 heterocycles. The Labute approximate surface area is 243 Å². The van der Waals surface area contributed by atoms with Crippen LogP contribution in [0.15, 0.2) is 82.7 Å². The molecule has 1 aromatic heterocycles. The van der Waals surface area contributed by atoms with Crippen molar-refractivity contribution in [3.63, 3.8) is 0 Å². The number of nitrogens with one attached hydrogen (secondary N) is 2. The van der Waals surface area contributed by atoms with Crippen molar-refractivity contribution < 1.29 is 14.3 Å². The van der Waals surface area contributed by atoms with Crippen LogP contribution in [0.5, 0.6) is 5.75 Å². The fourth-order valence-electron chi connectivity index (χ4n) is 5.03. The van der Waals surface area contributed by atoms with Gasteiger partial charge >= 0.3 is 0 Å². The second kappa shape index (κ2) is 13.0. The number of methoxy groups -OCH3 is 1. The number of benzene rings is 3. The largest absolute Gasteiger partial charge is 0.497 e. The number of aromatic nitrogens is 2. The number of fused-ring (bicyclic) bond motifs is 1. The Bertz CT molecular complexity index is 1600. The topological polar surface area (TPSA) is 102 Å². The molecule has 1 saturated carbocycles. The summed E-state index contributed by atoms with van der Waals surface area (Å²) in [7, 11) is 1.58. The van der Waals surface area contributed by atoms with Gasteiger partial charge in [0.1, 0.15) is 5.75 Å². The highest BCUT2D eigenvalue weighted by Crippen LogP contribution is 2.27. The first-order valence-electron chi connectivity index (χ1n) is 14.0. The highest BCUT2D eigenvalue weighted by atomic mass is 32.2. The minimum absolute atomic E-state index is 0.0722. The molecule has 2 N–H and O–H groups in total. The van der Waals surface area contributed by atoms with Crippen molar-refractivity contribution in [3.05, 3.63) is 94.3 Å². The van der Waals surface area contributed by atoms with E-state index < -0.39 is 5.25 Å². The average Bonchev–Trinajstić information content (AvgIpc) is 3.51. The highest BCUT2D eigenvalue weighted by molar-refractivity contribution is 8.00. The second-order valence-electron chi connectivity index (χ2n) is 10.2. The van der Waals surface area contributed by atoms with E-state index in [2.05, 4.69) is 10.6 Å². The molecular weight excluding hydrogens is 536 g/mol. The Morgan fingerprint density at radius 1 is 1.05 bits per heavy atom. The first-order chi connectivity index (χ1) is 19.9. The minimum Gasteiger partial charge on any atom is -0.497 e. The summed E-state index contributed by atoms with van der Waals surface area (Å²) in [5.41, 5.74) is 2.49. The molecule has 0 unspecified atom stereocenters. The number of carbonyl (C=O) groups excluding carboxylic acids is 2. The molecule has 0 radical (unpaired) electrons. The van der Waals surface area contributed by atoms with Crippen molar-refractivity contribution in [2.75, 3.05) is 12.4 Å². The monoisotopic (exact) mass is 570 g/mol. The smallest absolute Gasteiger partial charge is 0.262 e. The molecule has 0 bridgehead atoms. The van der Waals surface area contributed by atoms with Crippen LogP contribution in [-0.4, -0.2) is 39.8 Å². The summed E-state index contributed by atoms with van der Waals surface area (Å²) in [4.78, 5) is 44.4. The van der Waals surface area contributed by atoms with Gasteiger partial charge in [0, 0.05) is 23.4 Å². The van der Waals surface area contributed by atoms with Crippen LogP contribution >= 0.6 is 11.8 Å². The number of amides is 2. The molecule has 0 spiro atoms. The number of para-hydroxylation sites is 1. The van der Waals surface area contributed by atoms with Crippen molar-refractivity contribution in [1.29, 1.82) is 0 Å². The fourth-order valence-corrected chi connectivity index (χ4v) is 6.05. The summed E-state index contributed by atoms with van der Waals surface area (Å²) in [6.45, 7) is 2.19. The molecule has 4 aromatic rings. The average molecular weight is 571 g/mol. The maximum Gasteiger partial charge on any atom is 0.262 e. The van der Waals surface area contributed by atoms with E-state index in [0.717, 1.165) is 31.2 Å². The number of anilines is 1. The molecule has 1 atom stereocenters. The van der Waals surface area contributed by atoms with Crippen molar-refractivity contribution in [2.24, 2.45) is 0 Å². The molecule has 212 valence electrons. The van der Waals surface area contributed by atoms with Crippen LogP contribution < -0.4 is 20.9 Å². The number of nitrogens with zero attached hydrogens (tertiary/aromatic N) is 2. The molecule has 0 saturated heterocycles. The Morgan fingerprint density at radius 2 is 1.80 bits per heavy atom. The predicted octanol–water partition coefficient (Wildman–Crippen LogP) is 5.64. The van der Waals surface area contributed by atoms with Crippen molar-refractivity contribution in [2.45, 2.75) is 62.0 Å². The summed E-state index contributed by atoms with van der Waals surface area (Å²) in [6, 6.07) is 22.0. The summed E-state index contributed by atoms with van der Waals surface area (Å²) < 4.78 is 6.88. The molecule has 8 nitrogen and oxygen atoms in total. The zero-order valence-electron chi connectivity index (χ0n) is 23.3. The van der Waals surface area contributed by atoms with Crippen LogP contribution in [0.1, 0.15) is 54.9 Å². The van der Waals surface area contributed by atoms with Gasteiger partial charge in [-0.3, -0.25) is 19.0 Å². The number of hydrogen-bond donors (Lipinski definition) is 2. The van der Waals surface area contributed by atoms with Gasteiger partial charge in [0.25, 0.3) is 11.5 Å². The zero-order chi connectivity index (χ0) is 28.8. The van der Waals surface area contributed by atoms with E-state index in [9.17, 15) is 14.4 Å². The zero-order valence-corrected chi connectivity index (χ0v) is 24.1. The lowest BCUT2D eigenvalue weighted by molar-refractivity contribution is -0.115. The molecule has 41 heavy (non-hydrogen) atoms. The molecule has 5 rings (SSSR count). The third-order valence-electron chi connectivity index (χ3n) is 7.32. The van der Waals surface area contributed by atoms with Gasteiger partial charge in [-0.2, -0.15) is 0 Å². The first kappa shape index (κ1) is 28.4. The van der Waals surface area contributed by atoms with Crippen molar-refractivity contribution in [1.82, 2.24) is 14.9 Å². The lowest BCUT2D eigenvalue weighted by atomic mass is 10.1. The van der Waals surface area contributed by atoms with Gasteiger partial charge < -0.3 is 15.4 Å². The summed E-state index contributed by atoms with van der Waals surface area (Å²) in [6.07, 6.45) is 4.89. The van der Waals surface area contributed by atoms with Crippen LogP contribution in [-0.2, 0) is 11.3 Å². The van der Waals surface area contributed by atoms with E-state index >= 15 is 0 Å². The molecule has 0 aliphatic heterocycles. The molecule has 1 aliphatic carbocycles. The van der Waals surface area contributed by atoms with Gasteiger partial charge in [0.2, 0.25) is 5.91 Å². The quantitative estimate of drug-likeness (QED) is 0.189. The molecule has 1 aliphatic rings. The van der Waals surface area contributed by atoms with Crippen LogP contribution in [0.25, 0.3) is 10.9 Å². The Kier molecular flexibility index (Phi) is 9.04. The molecule has 3 aromatic carbocycles. The van der Waals surface area contributed by atoms with Gasteiger partial charge in [-0.05, 0) is 61.2 Å². The van der Waals surface area contributed by atoms with Gasteiger partial charge in [-0.25, -0.2) is 4.98 Å². The maximum absolute atomic E-state index is 13.7. The number of carbonyl (C=O) groups is 2. The maximum atomic E-state index is 13.7. The lowest BCUT2D eigenvalue weighted by Crippen LogP contribution is -2.32. The van der Waals surface area contributed by atoms with Gasteiger partial charge in [-0.1, -0.05) is 61.9 Å². The Morgan fingerprint density at radius 3 is 2.54 bits per heavy atom. The summed E-state index contributed by atoms with van der Waals surface area (Å²) >= 11 is 1.27. The minimum atomic E-state index is -0.484. The van der Waals surface area contributed by atoms with Crippen LogP contribution in [0.2, 0.25) is 0 Å². The van der Waals surface area contributed by atoms with E-state index in [-0.39, 0.29) is 30.0 Å². The molecule has 1 fully saturated rings. The number of ether oxygens (including phenoxy) is 1. The van der Waals surface area contributed by atoms with Gasteiger partial charge in [-0.15, -0.1) is 0 Å². The summed E-state index contributed by atoms with van der Waals surface area (Å²) in [5, 5.41) is 6.56. The molecule has 9 heteroatoms. The predicted molar refractivity (Wildman–Crippen MR) is 163 cm³/mol. The van der Waals surface area contributed by atoms with Crippen LogP contribution in [0.3, 0.4) is 0 Å². The summed E-state index contributed by atoms with van der Waals surface area (Å²) in [5.74, 6) is 0.394. The fraction of sp³-hybridized carbons (Fsp3) is 0.312. The van der Waals surface area contributed by atoms with Gasteiger partial charge in [0.05, 0.1) is 29.8 Å².